The summed E-state index contributed by atoms with van der Waals surface area (Å²) in [5.41, 5.74) is 5.30. The minimum atomic E-state index is 0.223. The molecule has 0 heterocycles. The topological polar surface area (TPSA) is 58.3 Å². The van der Waals surface area contributed by atoms with E-state index in [0.717, 1.165) is 25.9 Å². The highest BCUT2D eigenvalue weighted by atomic mass is 16.3. The molecule has 3 heteroatoms. The van der Waals surface area contributed by atoms with Crippen LogP contribution >= 0.6 is 0 Å². The van der Waals surface area contributed by atoms with Gasteiger partial charge in [-0.05, 0) is 25.9 Å². The average Bonchev–Trinajstić information content (AvgIpc) is 1.99. The van der Waals surface area contributed by atoms with Gasteiger partial charge in [-0.2, -0.15) is 0 Å². The van der Waals surface area contributed by atoms with Crippen molar-refractivity contribution in [3.8, 4) is 0 Å². The van der Waals surface area contributed by atoms with E-state index in [0.29, 0.717) is 0 Å². The molecule has 0 aromatic rings. The largest absolute Gasteiger partial charge is 0.395 e. The SMILES string of the molecule is CCC(CO)NCCCN. The minimum Gasteiger partial charge on any atom is -0.395 e. The molecule has 0 fully saturated rings. The molecule has 0 saturated carbocycles. The predicted molar refractivity (Wildman–Crippen MR) is 42.8 cm³/mol. The molecule has 0 saturated heterocycles. The van der Waals surface area contributed by atoms with Crippen LogP contribution in [0.2, 0.25) is 0 Å². The Morgan fingerprint density at radius 1 is 1.60 bits per heavy atom. The Kier molecular flexibility index (Phi) is 6.91. The van der Waals surface area contributed by atoms with E-state index in [-0.39, 0.29) is 12.6 Å². The van der Waals surface area contributed by atoms with Crippen LogP contribution in [0.25, 0.3) is 0 Å². The average molecular weight is 146 g/mol. The highest BCUT2D eigenvalue weighted by Crippen LogP contribution is 1.87. The van der Waals surface area contributed by atoms with Gasteiger partial charge in [-0.15, -0.1) is 0 Å². The second-order valence-electron chi connectivity index (χ2n) is 2.38. The van der Waals surface area contributed by atoms with Crippen LogP contribution in [0.15, 0.2) is 0 Å². The molecule has 0 bridgehead atoms. The zero-order chi connectivity index (χ0) is 7.82. The lowest BCUT2D eigenvalue weighted by Gasteiger charge is -2.12. The van der Waals surface area contributed by atoms with E-state index in [4.69, 9.17) is 10.8 Å². The number of nitrogens with two attached hydrogens (primary N) is 1. The molecule has 3 nitrogen and oxygen atoms in total. The van der Waals surface area contributed by atoms with E-state index >= 15 is 0 Å². The number of rotatable bonds is 6. The lowest BCUT2D eigenvalue weighted by atomic mass is 10.2. The molecule has 0 aromatic carbocycles. The van der Waals surface area contributed by atoms with Crippen molar-refractivity contribution in [1.82, 2.24) is 5.32 Å². The summed E-state index contributed by atoms with van der Waals surface area (Å²) < 4.78 is 0. The Hall–Kier alpha value is -0.120. The monoisotopic (exact) mass is 146 g/mol. The summed E-state index contributed by atoms with van der Waals surface area (Å²) in [7, 11) is 0. The maximum absolute atomic E-state index is 8.73. The minimum absolute atomic E-state index is 0.223. The zero-order valence-corrected chi connectivity index (χ0v) is 6.64. The fourth-order valence-corrected chi connectivity index (χ4v) is 0.746. The molecule has 0 amide bonds. The van der Waals surface area contributed by atoms with E-state index in [1.165, 1.54) is 0 Å². The summed E-state index contributed by atoms with van der Waals surface area (Å²) >= 11 is 0. The molecule has 4 N–H and O–H groups in total. The first-order valence-electron chi connectivity index (χ1n) is 3.89. The van der Waals surface area contributed by atoms with Gasteiger partial charge in [0.1, 0.15) is 0 Å². The maximum atomic E-state index is 8.73. The van der Waals surface area contributed by atoms with Crippen LogP contribution in [-0.4, -0.2) is 30.8 Å². The Morgan fingerprint density at radius 3 is 2.70 bits per heavy atom. The predicted octanol–water partition coefficient (Wildman–Crippen LogP) is -0.304. The normalized spacial score (nSPS) is 13.5. The quantitative estimate of drug-likeness (QED) is 0.451. The number of hydrogen-bond donors (Lipinski definition) is 3. The molecule has 0 radical (unpaired) electrons. The third-order valence-electron chi connectivity index (χ3n) is 1.53. The molecule has 0 aliphatic heterocycles. The summed E-state index contributed by atoms with van der Waals surface area (Å²) in [5.74, 6) is 0. The van der Waals surface area contributed by atoms with Gasteiger partial charge in [0.2, 0.25) is 0 Å². The van der Waals surface area contributed by atoms with Crippen molar-refractivity contribution in [1.29, 1.82) is 0 Å². The summed E-state index contributed by atoms with van der Waals surface area (Å²) in [5, 5.41) is 11.9. The second-order valence-corrected chi connectivity index (χ2v) is 2.38. The van der Waals surface area contributed by atoms with Gasteiger partial charge in [0, 0.05) is 6.04 Å². The number of aliphatic hydroxyl groups is 1. The third kappa shape index (κ3) is 4.73. The zero-order valence-electron chi connectivity index (χ0n) is 6.64. The lowest BCUT2D eigenvalue weighted by molar-refractivity contribution is 0.239. The molecule has 0 aliphatic rings. The second kappa shape index (κ2) is 6.99. The fourth-order valence-electron chi connectivity index (χ4n) is 0.746. The summed E-state index contributed by atoms with van der Waals surface area (Å²) in [6.07, 6.45) is 1.96. The van der Waals surface area contributed by atoms with E-state index < -0.39 is 0 Å². The standard InChI is InChI=1S/C7H18N2O/c1-2-7(6-10)9-5-3-4-8/h7,9-10H,2-6,8H2,1H3. The number of aliphatic hydroxyl groups excluding tert-OH is 1. The molecule has 62 valence electrons. The van der Waals surface area contributed by atoms with Crippen molar-refractivity contribution in [3.05, 3.63) is 0 Å². The van der Waals surface area contributed by atoms with Crippen molar-refractivity contribution in [2.45, 2.75) is 25.8 Å². The van der Waals surface area contributed by atoms with Crippen molar-refractivity contribution in [3.63, 3.8) is 0 Å². The first kappa shape index (κ1) is 9.88. The van der Waals surface area contributed by atoms with Crippen LogP contribution in [0.4, 0.5) is 0 Å². The van der Waals surface area contributed by atoms with Gasteiger partial charge in [-0.3, -0.25) is 0 Å². The molecule has 1 unspecified atom stereocenters. The van der Waals surface area contributed by atoms with Gasteiger partial charge in [0.15, 0.2) is 0 Å². The van der Waals surface area contributed by atoms with Gasteiger partial charge in [-0.1, -0.05) is 6.92 Å². The summed E-state index contributed by atoms with van der Waals surface area (Å²) in [6.45, 7) is 3.90. The van der Waals surface area contributed by atoms with E-state index in [9.17, 15) is 0 Å². The molecule has 0 rings (SSSR count). The number of hydrogen-bond acceptors (Lipinski definition) is 3. The highest BCUT2D eigenvalue weighted by molar-refractivity contribution is 4.61. The molecule has 0 aromatic heterocycles. The molecular weight excluding hydrogens is 128 g/mol. The van der Waals surface area contributed by atoms with Crippen LogP contribution in [-0.2, 0) is 0 Å². The van der Waals surface area contributed by atoms with E-state index in [2.05, 4.69) is 12.2 Å². The van der Waals surface area contributed by atoms with Crippen LogP contribution < -0.4 is 11.1 Å². The molecular formula is C7H18N2O. The van der Waals surface area contributed by atoms with Gasteiger partial charge >= 0.3 is 0 Å². The lowest BCUT2D eigenvalue weighted by Crippen LogP contribution is -2.33. The van der Waals surface area contributed by atoms with Gasteiger partial charge in [0.05, 0.1) is 6.61 Å². The number of nitrogens with one attached hydrogen (secondary N) is 1. The third-order valence-corrected chi connectivity index (χ3v) is 1.53. The van der Waals surface area contributed by atoms with Gasteiger partial charge in [0.25, 0.3) is 0 Å². The smallest absolute Gasteiger partial charge is 0.0584 e. The molecule has 10 heavy (non-hydrogen) atoms. The molecule has 0 aliphatic carbocycles. The van der Waals surface area contributed by atoms with Crippen molar-refractivity contribution < 1.29 is 5.11 Å². The Bertz CT molecular complexity index is 64.6. The molecule has 1 atom stereocenters. The van der Waals surface area contributed by atoms with Gasteiger partial charge in [-0.25, -0.2) is 0 Å². The van der Waals surface area contributed by atoms with E-state index in [1.54, 1.807) is 0 Å². The van der Waals surface area contributed by atoms with Crippen LogP contribution in [0.1, 0.15) is 19.8 Å². The summed E-state index contributed by atoms with van der Waals surface area (Å²) in [4.78, 5) is 0. The van der Waals surface area contributed by atoms with Crippen LogP contribution in [0.5, 0.6) is 0 Å². The Morgan fingerprint density at radius 2 is 2.30 bits per heavy atom. The Balaban J connectivity index is 3.09. The van der Waals surface area contributed by atoms with E-state index in [1.807, 2.05) is 0 Å². The van der Waals surface area contributed by atoms with Crippen molar-refractivity contribution in [2.24, 2.45) is 5.73 Å². The Labute approximate surface area is 62.6 Å². The summed E-state index contributed by atoms with van der Waals surface area (Å²) in [6, 6.07) is 0.256. The van der Waals surface area contributed by atoms with Crippen LogP contribution in [0.3, 0.4) is 0 Å². The first-order chi connectivity index (χ1) is 4.85. The molecule has 0 spiro atoms. The van der Waals surface area contributed by atoms with Crippen molar-refractivity contribution in [2.75, 3.05) is 19.7 Å². The van der Waals surface area contributed by atoms with Crippen molar-refractivity contribution >= 4 is 0 Å². The first-order valence-corrected chi connectivity index (χ1v) is 3.89. The van der Waals surface area contributed by atoms with Crippen LogP contribution in [0, 0.1) is 0 Å². The maximum Gasteiger partial charge on any atom is 0.0584 e. The fraction of sp³-hybridized carbons (Fsp3) is 1.00. The van der Waals surface area contributed by atoms with Gasteiger partial charge < -0.3 is 16.2 Å². The highest BCUT2D eigenvalue weighted by Gasteiger charge is 2.00.